The number of hydrogen-bond acceptors (Lipinski definition) is 6. The van der Waals surface area contributed by atoms with Crippen LogP contribution < -0.4 is 10.1 Å². The van der Waals surface area contributed by atoms with Crippen LogP contribution in [0.1, 0.15) is 15.9 Å². The van der Waals surface area contributed by atoms with Crippen LogP contribution >= 0.6 is 0 Å². The van der Waals surface area contributed by atoms with Crippen LogP contribution in [0.3, 0.4) is 0 Å². The number of amides is 1. The van der Waals surface area contributed by atoms with Crippen molar-refractivity contribution in [3.63, 3.8) is 0 Å². The van der Waals surface area contributed by atoms with E-state index in [1.807, 2.05) is 24.3 Å². The van der Waals surface area contributed by atoms with Gasteiger partial charge in [-0.2, -0.15) is 0 Å². The van der Waals surface area contributed by atoms with Crippen LogP contribution in [-0.4, -0.2) is 38.5 Å². The minimum atomic E-state index is -0.312. The summed E-state index contributed by atoms with van der Waals surface area (Å²) < 4.78 is 7.01. The van der Waals surface area contributed by atoms with Crippen molar-refractivity contribution in [2.75, 3.05) is 11.9 Å². The van der Waals surface area contributed by atoms with Crippen LogP contribution in [0.5, 0.6) is 5.75 Å². The molecular weight excluding hydrogens is 382 g/mol. The summed E-state index contributed by atoms with van der Waals surface area (Å²) in [5.41, 5.74) is 2.49. The Morgan fingerprint density at radius 3 is 2.40 bits per heavy atom. The van der Waals surface area contributed by atoms with Crippen LogP contribution in [0.15, 0.2) is 85.2 Å². The molecule has 0 aliphatic rings. The maximum Gasteiger partial charge on any atom is 0.262 e. The number of ketones is 1. The number of carbonyl (C=O) groups is 2. The fourth-order valence-electron chi connectivity index (χ4n) is 2.81. The van der Waals surface area contributed by atoms with E-state index in [4.69, 9.17) is 4.74 Å². The number of hydrogen-bond donors (Lipinski definition) is 1. The molecule has 0 radical (unpaired) electrons. The maximum atomic E-state index is 12.4. The van der Waals surface area contributed by atoms with E-state index in [1.54, 1.807) is 54.6 Å². The van der Waals surface area contributed by atoms with E-state index >= 15 is 0 Å². The minimum Gasteiger partial charge on any atom is -0.484 e. The Hall–Kier alpha value is -4.33. The summed E-state index contributed by atoms with van der Waals surface area (Å²) in [7, 11) is 0. The number of ether oxygens (including phenoxy) is 1. The lowest BCUT2D eigenvalue weighted by molar-refractivity contribution is -0.118. The second-order valence-corrected chi connectivity index (χ2v) is 6.36. The highest BCUT2D eigenvalue weighted by Gasteiger charge is 2.09. The molecule has 0 saturated heterocycles. The predicted octanol–water partition coefficient (Wildman–Crippen LogP) is 2.91. The molecule has 0 aliphatic heterocycles. The van der Waals surface area contributed by atoms with E-state index in [1.165, 1.54) is 11.0 Å². The topological polar surface area (TPSA) is 99.0 Å². The number of benzene rings is 3. The number of nitrogens with one attached hydrogen (secondary N) is 1. The van der Waals surface area contributed by atoms with Gasteiger partial charge in [0.2, 0.25) is 0 Å². The van der Waals surface area contributed by atoms with Crippen LogP contribution in [-0.2, 0) is 4.79 Å². The highest BCUT2D eigenvalue weighted by Crippen LogP contribution is 2.16. The molecule has 0 saturated carbocycles. The average Bonchev–Trinajstić information content (AvgIpc) is 3.33. The zero-order chi connectivity index (χ0) is 20.8. The Morgan fingerprint density at radius 1 is 0.900 bits per heavy atom. The van der Waals surface area contributed by atoms with Crippen molar-refractivity contribution >= 4 is 17.4 Å². The molecular formula is C22H17N5O3. The Morgan fingerprint density at radius 2 is 1.67 bits per heavy atom. The summed E-state index contributed by atoms with van der Waals surface area (Å²) in [6, 6.07) is 22.9. The second kappa shape index (κ2) is 8.78. The van der Waals surface area contributed by atoms with Crippen LogP contribution in [0.4, 0.5) is 5.69 Å². The van der Waals surface area contributed by atoms with Gasteiger partial charge in [-0.15, -0.1) is 5.10 Å². The molecule has 4 aromatic rings. The first-order valence-corrected chi connectivity index (χ1v) is 9.15. The number of anilines is 1. The van der Waals surface area contributed by atoms with Gasteiger partial charge in [-0.25, -0.2) is 4.68 Å². The van der Waals surface area contributed by atoms with E-state index in [2.05, 4.69) is 20.8 Å². The number of nitrogens with zero attached hydrogens (tertiary/aromatic N) is 4. The lowest BCUT2D eigenvalue weighted by Gasteiger charge is -2.09. The molecule has 3 aromatic carbocycles. The molecule has 4 rings (SSSR count). The molecule has 8 heteroatoms. The molecule has 0 atom stereocenters. The first-order chi connectivity index (χ1) is 14.7. The van der Waals surface area contributed by atoms with Gasteiger partial charge in [-0.05, 0) is 52.9 Å². The van der Waals surface area contributed by atoms with Crippen molar-refractivity contribution < 1.29 is 14.3 Å². The third-order valence-electron chi connectivity index (χ3n) is 4.27. The molecule has 148 valence electrons. The maximum absolute atomic E-state index is 12.4. The second-order valence-electron chi connectivity index (χ2n) is 6.36. The lowest BCUT2D eigenvalue weighted by Crippen LogP contribution is -2.20. The molecule has 1 aromatic heterocycles. The van der Waals surface area contributed by atoms with Crippen LogP contribution in [0.2, 0.25) is 0 Å². The highest BCUT2D eigenvalue weighted by atomic mass is 16.5. The molecule has 30 heavy (non-hydrogen) atoms. The smallest absolute Gasteiger partial charge is 0.262 e. The molecule has 1 heterocycles. The van der Waals surface area contributed by atoms with Crippen molar-refractivity contribution in [2.24, 2.45) is 0 Å². The summed E-state index contributed by atoms with van der Waals surface area (Å²) in [5, 5.41) is 13.8. The molecule has 1 amide bonds. The van der Waals surface area contributed by atoms with Gasteiger partial charge in [0, 0.05) is 16.8 Å². The largest absolute Gasteiger partial charge is 0.484 e. The van der Waals surface area contributed by atoms with Gasteiger partial charge in [-0.1, -0.05) is 36.4 Å². The molecule has 0 spiro atoms. The van der Waals surface area contributed by atoms with Crippen molar-refractivity contribution in [3.05, 3.63) is 96.3 Å². The minimum absolute atomic E-state index is 0.0673. The first kappa shape index (κ1) is 19.0. The normalized spacial score (nSPS) is 10.4. The van der Waals surface area contributed by atoms with Crippen molar-refractivity contribution in [3.8, 4) is 11.4 Å². The molecule has 8 nitrogen and oxygen atoms in total. The van der Waals surface area contributed by atoms with Crippen molar-refractivity contribution in [1.29, 1.82) is 0 Å². The SMILES string of the molecule is O=C(COc1ccc(C(=O)c2ccccc2)cc1)Nc1cccc(-n2cnnn2)c1. The van der Waals surface area contributed by atoms with E-state index in [0.717, 1.165) is 5.69 Å². The molecule has 0 bridgehead atoms. The Balaban J connectivity index is 1.33. The fourth-order valence-corrected chi connectivity index (χ4v) is 2.81. The summed E-state index contributed by atoms with van der Waals surface area (Å²) >= 11 is 0. The highest BCUT2D eigenvalue weighted by molar-refractivity contribution is 6.09. The number of aromatic nitrogens is 4. The van der Waals surface area contributed by atoms with E-state index < -0.39 is 0 Å². The lowest BCUT2D eigenvalue weighted by atomic mass is 10.0. The summed E-state index contributed by atoms with van der Waals surface area (Å²) in [4.78, 5) is 24.6. The van der Waals surface area contributed by atoms with Crippen molar-refractivity contribution in [2.45, 2.75) is 0 Å². The summed E-state index contributed by atoms with van der Waals surface area (Å²) in [6.07, 6.45) is 1.47. The standard InChI is InChI=1S/C22H17N5O3/c28-21(24-18-7-4-8-19(13-18)27-15-23-25-26-27)14-30-20-11-9-17(10-12-20)22(29)16-5-2-1-3-6-16/h1-13,15H,14H2,(H,24,28). The Labute approximate surface area is 172 Å². The average molecular weight is 399 g/mol. The quantitative estimate of drug-likeness (QED) is 0.480. The number of tetrazole rings is 1. The molecule has 1 N–H and O–H groups in total. The van der Waals surface area contributed by atoms with Gasteiger partial charge in [0.25, 0.3) is 5.91 Å². The van der Waals surface area contributed by atoms with Gasteiger partial charge in [0.1, 0.15) is 12.1 Å². The number of carbonyl (C=O) groups excluding carboxylic acids is 2. The number of rotatable bonds is 7. The fraction of sp³-hybridized carbons (Fsp3) is 0.0455. The third kappa shape index (κ3) is 4.56. The van der Waals surface area contributed by atoms with Gasteiger partial charge in [-0.3, -0.25) is 9.59 Å². The summed E-state index contributed by atoms with van der Waals surface area (Å²) in [6.45, 7) is -0.166. The van der Waals surface area contributed by atoms with Crippen LogP contribution in [0.25, 0.3) is 5.69 Å². The monoisotopic (exact) mass is 399 g/mol. The van der Waals surface area contributed by atoms with Crippen molar-refractivity contribution in [1.82, 2.24) is 20.2 Å². The van der Waals surface area contributed by atoms with Crippen LogP contribution in [0, 0.1) is 0 Å². The van der Waals surface area contributed by atoms with Gasteiger partial charge < -0.3 is 10.1 Å². The molecule has 0 unspecified atom stereocenters. The zero-order valence-electron chi connectivity index (χ0n) is 15.8. The Kier molecular flexibility index (Phi) is 5.56. The van der Waals surface area contributed by atoms with Gasteiger partial charge in [0.15, 0.2) is 12.4 Å². The molecule has 0 fully saturated rings. The van der Waals surface area contributed by atoms with Gasteiger partial charge >= 0.3 is 0 Å². The van der Waals surface area contributed by atoms with Gasteiger partial charge in [0.05, 0.1) is 5.69 Å². The third-order valence-corrected chi connectivity index (χ3v) is 4.27. The van der Waals surface area contributed by atoms with E-state index in [0.29, 0.717) is 22.6 Å². The first-order valence-electron chi connectivity index (χ1n) is 9.15. The Bertz CT molecular complexity index is 1140. The zero-order valence-corrected chi connectivity index (χ0v) is 15.8. The summed E-state index contributed by atoms with van der Waals surface area (Å²) in [5.74, 6) is 0.118. The molecule has 0 aliphatic carbocycles. The van der Waals surface area contributed by atoms with E-state index in [9.17, 15) is 9.59 Å². The predicted molar refractivity (Wildman–Crippen MR) is 110 cm³/mol. The van der Waals surface area contributed by atoms with E-state index in [-0.39, 0.29) is 18.3 Å².